The number of piperazine rings is 1. The van der Waals surface area contributed by atoms with E-state index in [1.807, 2.05) is 49.8 Å². The number of likely N-dealkylation sites (N-methyl/N-ethyl adjacent to an activating group) is 1. The summed E-state index contributed by atoms with van der Waals surface area (Å²) in [6, 6.07) is 0.130. The molecule has 0 spiro atoms. The third kappa shape index (κ3) is 2.73. The van der Waals surface area contributed by atoms with Crippen LogP contribution >= 0.6 is 0 Å². The van der Waals surface area contributed by atoms with E-state index in [0.717, 1.165) is 42.4 Å². The lowest BCUT2D eigenvalue weighted by molar-refractivity contribution is 0.0471. The Labute approximate surface area is 142 Å². The summed E-state index contributed by atoms with van der Waals surface area (Å²) in [6.45, 7) is 9.21. The monoisotopic (exact) mass is 330 g/mol. The van der Waals surface area contributed by atoms with Crippen LogP contribution in [0, 0.1) is 13.8 Å². The molecule has 7 heteroatoms. The Hall–Kier alpha value is -2.15. The van der Waals surface area contributed by atoms with E-state index in [1.54, 1.807) is 4.68 Å². The zero-order valence-corrected chi connectivity index (χ0v) is 15.2. The lowest BCUT2D eigenvalue weighted by Crippen LogP contribution is -2.51. The summed E-state index contributed by atoms with van der Waals surface area (Å²) in [6.07, 6.45) is 3.78. The van der Waals surface area contributed by atoms with Crippen molar-refractivity contribution in [2.24, 2.45) is 14.1 Å². The van der Waals surface area contributed by atoms with E-state index >= 15 is 0 Å². The highest BCUT2D eigenvalue weighted by Crippen LogP contribution is 2.25. The molecule has 0 N–H and O–H groups in total. The molecule has 1 fully saturated rings. The van der Waals surface area contributed by atoms with Crippen molar-refractivity contribution in [2.45, 2.75) is 26.8 Å². The van der Waals surface area contributed by atoms with Gasteiger partial charge in [0.05, 0.1) is 17.3 Å². The normalized spacial score (nSPS) is 19.0. The fourth-order valence-electron chi connectivity index (χ4n) is 3.57. The largest absolute Gasteiger partial charge is 0.337 e. The van der Waals surface area contributed by atoms with E-state index in [9.17, 15) is 4.79 Å². The summed E-state index contributed by atoms with van der Waals surface area (Å²) in [5.74, 6) is 1.09. The summed E-state index contributed by atoms with van der Waals surface area (Å²) in [7, 11) is 3.89. The Bertz CT molecular complexity index is 746. The Morgan fingerprint density at radius 3 is 2.58 bits per heavy atom. The van der Waals surface area contributed by atoms with Gasteiger partial charge in [0.1, 0.15) is 5.82 Å². The van der Waals surface area contributed by atoms with Gasteiger partial charge in [-0.15, -0.1) is 0 Å². The van der Waals surface area contributed by atoms with Crippen molar-refractivity contribution < 1.29 is 4.79 Å². The van der Waals surface area contributed by atoms with Gasteiger partial charge in [-0.3, -0.25) is 14.4 Å². The second kappa shape index (κ2) is 6.39. The molecule has 2 aromatic heterocycles. The van der Waals surface area contributed by atoms with E-state index in [1.165, 1.54) is 0 Å². The summed E-state index contributed by atoms with van der Waals surface area (Å²) < 4.78 is 3.82. The Kier molecular flexibility index (Phi) is 4.45. The molecule has 130 valence electrons. The van der Waals surface area contributed by atoms with Gasteiger partial charge in [-0.2, -0.15) is 5.10 Å². The number of aryl methyl sites for hydroxylation is 3. The maximum atomic E-state index is 13.1. The van der Waals surface area contributed by atoms with Gasteiger partial charge in [0.2, 0.25) is 0 Å². The van der Waals surface area contributed by atoms with Gasteiger partial charge < -0.3 is 9.47 Å². The Balaban J connectivity index is 1.88. The third-order valence-electron chi connectivity index (χ3n) is 5.06. The molecule has 1 amide bonds. The number of aromatic nitrogens is 4. The van der Waals surface area contributed by atoms with Crippen molar-refractivity contribution in [3.63, 3.8) is 0 Å². The van der Waals surface area contributed by atoms with Gasteiger partial charge in [-0.1, -0.05) is 6.92 Å². The summed E-state index contributed by atoms with van der Waals surface area (Å²) in [5.41, 5.74) is 2.46. The first kappa shape index (κ1) is 16.7. The highest BCUT2D eigenvalue weighted by Gasteiger charge is 2.33. The van der Waals surface area contributed by atoms with E-state index in [0.29, 0.717) is 6.54 Å². The van der Waals surface area contributed by atoms with E-state index in [-0.39, 0.29) is 11.9 Å². The van der Waals surface area contributed by atoms with Gasteiger partial charge in [0.15, 0.2) is 0 Å². The fourth-order valence-corrected chi connectivity index (χ4v) is 3.57. The second-order valence-corrected chi connectivity index (χ2v) is 6.46. The predicted octanol–water partition coefficient (Wildman–Crippen LogP) is 1.29. The number of amides is 1. The van der Waals surface area contributed by atoms with Crippen molar-refractivity contribution in [1.82, 2.24) is 29.1 Å². The minimum atomic E-state index is 0.0769. The first-order valence-corrected chi connectivity index (χ1v) is 8.44. The minimum Gasteiger partial charge on any atom is -0.337 e. The summed E-state index contributed by atoms with van der Waals surface area (Å²) >= 11 is 0. The van der Waals surface area contributed by atoms with Crippen molar-refractivity contribution in [3.8, 4) is 0 Å². The molecule has 0 unspecified atom stereocenters. The summed E-state index contributed by atoms with van der Waals surface area (Å²) in [5, 5.41) is 4.38. The van der Waals surface area contributed by atoms with Gasteiger partial charge >= 0.3 is 0 Å². The number of rotatable bonds is 3. The van der Waals surface area contributed by atoms with Gasteiger partial charge in [-0.05, 0) is 20.4 Å². The van der Waals surface area contributed by atoms with Crippen molar-refractivity contribution in [1.29, 1.82) is 0 Å². The zero-order valence-electron chi connectivity index (χ0n) is 15.2. The SMILES string of the molecule is CCN1CCN(C(=O)c2c(C)nn(C)c2C)C[C@@H]1c1nccn1C. The summed E-state index contributed by atoms with van der Waals surface area (Å²) in [4.78, 5) is 21.9. The van der Waals surface area contributed by atoms with Crippen LogP contribution in [-0.4, -0.2) is 61.2 Å². The standard InChI is InChI=1S/C17H26N6O/c1-6-22-9-10-23(11-14(22)16-18-7-8-20(16)4)17(24)15-12(2)19-21(5)13(15)3/h7-8,14H,6,9-11H2,1-5H3/t14-/m1/s1. The number of imidazole rings is 1. The number of hydrogen-bond acceptors (Lipinski definition) is 4. The maximum Gasteiger partial charge on any atom is 0.257 e. The van der Waals surface area contributed by atoms with Crippen LogP contribution in [0.25, 0.3) is 0 Å². The van der Waals surface area contributed by atoms with Gasteiger partial charge in [-0.25, -0.2) is 4.98 Å². The van der Waals surface area contributed by atoms with Crippen molar-refractivity contribution >= 4 is 5.91 Å². The molecule has 2 aromatic rings. The van der Waals surface area contributed by atoms with Crippen molar-refractivity contribution in [3.05, 3.63) is 35.2 Å². The quantitative estimate of drug-likeness (QED) is 0.851. The lowest BCUT2D eigenvalue weighted by atomic mass is 10.1. The molecule has 0 aliphatic carbocycles. The topological polar surface area (TPSA) is 59.2 Å². The average Bonchev–Trinajstić information content (AvgIpc) is 3.09. The van der Waals surface area contributed by atoms with Crippen LogP contribution in [0.4, 0.5) is 0 Å². The van der Waals surface area contributed by atoms with Crippen LogP contribution in [0.3, 0.4) is 0 Å². The maximum absolute atomic E-state index is 13.1. The smallest absolute Gasteiger partial charge is 0.257 e. The fraction of sp³-hybridized carbons (Fsp3) is 0.588. The van der Waals surface area contributed by atoms with Crippen LogP contribution in [0.15, 0.2) is 12.4 Å². The highest BCUT2D eigenvalue weighted by molar-refractivity contribution is 5.96. The number of carbonyl (C=O) groups excluding carboxylic acids is 1. The molecular weight excluding hydrogens is 304 g/mol. The molecule has 1 aliphatic heterocycles. The van der Waals surface area contributed by atoms with Crippen LogP contribution in [0.5, 0.6) is 0 Å². The molecule has 0 aromatic carbocycles. The molecule has 0 radical (unpaired) electrons. The first-order valence-electron chi connectivity index (χ1n) is 8.44. The molecule has 3 heterocycles. The van der Waals surface area contributed by atoms with Crippen molar-refractivity contribution in [2.75, 3.05) is 26.2 Å². The Morgan fingerprint density at radius 2 is 2.04 bits per heavy atom. The molecule has 7 nitrogen and oxygen atoms in total. The number of nitrogens with zero attached hydrogens (tertiary/aromatic N) is 6. The predicted molar refractivity (Wildman–Crippen MR) is 91.8 cm³/mol. The molecular formula is C17H26N6O. The van der Waals surface area contributed by atoms with E-state index in [2.05, 4.69) is 21.9 Å². The average molecular weight is 330 g/mol. The highest BCUT2D eigenvalue weighted by atomic mass is 16.2. The van der Waals surface area contributed by atoms with Crippen LogP contribution in [0.1, 0.15) is 40.5 Å². The van der Waals surface area contributed by atoms with Crippen LogP contribution in [0.2, 0.25) is 0 Å². The van der Waals surface area contributed by atoms with Gasteiger partial charge in [0, 0.05) is 51.8 Å². The number of hydrogen-bond donors (Lipinski definition) is 0. The molecule has 1 saturated heterocycles. The molecule has 0 saturated carbocycles. The van der Waals surface area contributed by atoms with E-state index < -0.39 is 0 Å². The number of carbonyl (C=O) groups is 1. The minimum absolute atomic E-state index is 0.0769. The molecule has 1 aliphatic rings. The van der Waals surface area contributed by atoms with Crippen LogP contribution < -0.4 is 0 Å². The van der Waals surface area contributed by atoms with Crippen LogP contribution in [-0.2, 0) is 14.1 Å². The zero-order chi connectivity index (χ0) is 17.4. The lowest BCUT2D eigenvalue weighted by Gasteiger charge is -2.40. The molecule has 0 bridgehead atoms. The third-order valence-corrected chi connectivity index (χ3v) is 5.06. The first-order chi connectivity index (χ1) is 11.4. The molecule has 24 heavy (non-hydrogen) atoms. The van der Waals surface area contributed by atoms with E-state index in [4.69, 9.17) is 0 Å². The molecule has 1 atom stereocenters. The van der Waals surface area contributed by atoms with Gasteiger partial charge in [0.25, 0.3) is 5.91 Å². The molecule has 3 rings (SSSR count). The Morgan fingerprint density at radius 1 is 1.29 bits per heavy atom. The second-order valence-electron chi connectivity index (χ2n) is 6.46.